The predicted molar refractivity (Wildman–Crippen MR) is 86.2 cm³/mol. The lowest BCUT2D eigenvalue weighted by Gasteiger charge is -2.28. The fourth-order valence-electron chi connectivity index (χ4n) is 2.37. The zero-order chi connectivity index (χ0) is 15.0. The van der Waals surface area contributed by atoms with Gasteiger partial charge in [0.1, 0.15) is 5.75 Å². The van der Waals surface area contributed by atoms with Gasteiger partial charge >= 0.3 is 0 Å². The summed E-state index contributed by atoms with van der Waals surface area (Å²) in [5.41, 5.74) is 1.25. The third kappa shape index (κ3) is 5.51. The molecule has 0 radical (unpaired) electrons. The van der Waals surface area contributed by atoms with Gasteiger partial charge in [0, 0.05) is 24.7 Å². The Balaban J connectivity index is 2.58. The average Bonchev–Trinajstić information content (AvgIpc) is 2.43. The van der Waals surface area contributed by atoms with Crippen LogP contribution >= 0.6 is 0 Å². The molecule has 0 heterocycles. The van der Waals surface area contributed by atoms with E-state index in [2.05, 4.69) is 50.2 Å². The summed E-state index contributed by atoms with van der Waals surface area (Å²) in [6.45, 7) is 9.83. The van der Waals surface area contributed by atoms with E-state index < -0.39 is 0 Å². The highest BCUT2D eigenvalue weighted by atomic mass is 16.5. The molecule has 1 aromatic carbocycles. The second-order valence-electron chi connectivity index (χ2n) is 5.81. The van der Waals surface area contributed by atoms with Gasteiger partial charge in [-0.1, -0.05) is 39.0 Å². The Labute approximate surface area is 124 Å². The Hall–Kier alpha value is -1.06. The van der Waals surface area contributed by atoms with Crippen LogP contribution in [0.4, 0.5) is 0 Å². The molecule has 0 aliphatic carbocycles. The average molecular weight is 278 g/mol. The lowest BCUT2D eigenvalue weighted by molar-refractivity contribution is 0.246. The second kappa shape index (κ2) is 8.98. The summed E-state index contributed by atoms with van der Waals surface area (Å²) in [5.74, 6) is 1.61. The van der Waals surface area contributed by atoms with Crippen molar-refractivity contribution in [3.05, 3.63) is 29.8 Å². The topological polar surface area (TPSA) is 24.5 Å². The number of nitrogens with zero attached hydrogens (tertiary/aromatic N) is 1. The van der Waals surface area contributed by atoms with Crippen LogP contribution in [-0.4, -0.2) is 38.2 Å². The minimum atomic E-state index is 0.537. The molecule has 0 aromatic heterocycles. The molecule has 1 rings (SSSR count). The first-order valence-corrected chi connectivity index (χ1v) is 7.62. The van der Waals surface area contributed by atoms with Gasteiger partial charge in [0.15, 0.2) is 0 Å². The molecular formula is C17H30N2O. The standard InChI is InChI=1S/C17H30N2O/c1-6-11-18-16(14(2)3)13-19(4)12-15-9-7-8-10-17(15)20-5/h7-10,14,16,18H,6,11-13H2,1-5H3. The van der Waals surface area contributed by atoms with Gasteiger partial charge in [0.05, 0.1) is 7.11 Å². The lowest BCUT2D eigenvalue weighted by atomic mass is 10.0. The first-order valence-electron chi connectivity index (χ1n) is 7.62. The number of ether oxygens (including phenoxy) is 1. The van der Waals surface area contributed by atoms with Crippen LogP contribution in [0, 0.1) is 5.92 Å². The first kappa shape index (κ1) is 17.0. The monoisotopic (exact) mass is 278 g/mol. The second-order valence-corrected chi connectivity index (χ2v) is 5.81. The van der Waals surface area contributed by atoms with Crippen LogP contribution < -0.4 is 10.1 Å². The zero-order valence-electron chi connectivity index (χ0n) is 13.6. The molecule has 0 fully saturated rings. The van der Waals surface area contributed by atoms with Crippen LogP contribution in [0.3, 0.4) is 0 Å². The lowest BCUT2D eigenvalue weighted by Crippen LogP contribution is -2.43. The van der Waals surface area contributed by atoms with E-state index in [0.29, 0.717) is 12.0 Å². The third-order valence-corrected chi connectivity index (χ3v) is 3.60. The van der Waals surface area contributed by atoms with Crippen LogP contribution in [0.15, 0.2) is 24.3 Å². The molecular weight excluding hydrogens is 248 g/mol. The smallest absolute Gasteiger partial charge is 0.123 e. The van der Waals surface area contributed by atoms with Crippen molar-refractivity contribution in [2.24, 2.45) is 5.92 Å². The van der Waals surface area contributed by atoms with E-state index in [-0.39, 0.29) is 0 Å². The van der Waals surface area contributed by atoms with Gasteiger partial charge in [-0.3, -0.25) is 0 Å². The number of hydrogen-bond acceptors (Lipinski definition) is 3. The molecule has 0 saturated heterocycles. The Bertz CT molecular complexity index is 379. The van der Waals surface area contributed by atoms with E-state index in [1.807, 2.05) is 12.1 Å². The molecule has 1 atom stereocenters. The van der Waals surface area contributed by atoms with Crippen molar-refractivity contribution in [1.82, 2.24) is 10.2 Å². The van der Waals surface area contributed by atoms with E-state index in [1.165, 1.54) is 12.0 Å². The molecule has 0 spiro atoms. The Morgan fingerprint density at radius 2 is 1.95 bits per heavy atom. The fourth-order valence-corrected chi connectivity index (χ4v) is 2.37. The highest BCUT2D eigenvalue weighted by Gasteiger charge is 2.15. The summed E-state index contributed by atoms with van der Waals surface area (Å²) in [5, 5.41) is 3.64. The van der Waals surface area contributed by atoms with Gasteiger partial charge in [0.2, 0.25) is 0 Å². The summed E-state index contributed by atoms with van der Waals surface area (Å²) >= 11 is 0. The van der Waals surface area contributed by atoms with Gasteiger partial charge < -0.3 is 15.0 Å². The SMILES string of the molecule is CCCNC(CN(C)Cc1ccccc1OC)C(C)C. The maximum absolute atomic E-state index is 5.42. The number of methoxy groups -OCH3 is 1. The number of para-hydroxylation sites is 1. The van der Waals surface area contributed by atoms with E-state index in [9.17, 15) is 0 Å². The molecule has 0 amide bonds. The number of nitrogens with one attached hydrogen (secondary N) is 1. The minimum absolute atomic E-state index is 0.537. The van der Waals surface area contributed by atoms with Crippen molar-refractivity contribution in [2.45, 2.75) is 39.8 Å². The molecule has 3 nitrogen and oxygen atoms in total. The first-order chi connectivity index (χ1) is 9.58. The molecule has 0 saturated carbocycles. The van der Waals surface area contributed by atoms with E-state index in [4.69, 9.17) is 4.74 Å². The number of benzene rings is 1. The molecule has 0 aliphatic rings. The normalized spacial score (nSPS) is 12.9. The van der Waals surface area contributed by atoms with Crippen LogP contribution in [0.1, 0.15) is 32.8 Å². The van der Waals surface area contributed by atoms with Gasteiger partial charge in [0.25, 0.3) is 0 Å². The van der Waals surface area contributed by atoms with E-state index in [1.54, 1.807) is 7.11 Å². The van der Waals surface area contributed by atoms with Crippen LogP contribution in [0.2, 0.25) is 0 Å². The summed E-state index contributed by atoms with van der Waals surface area (Å²) < 4.78 is 5.42. The largest absolute Gasteiger partial charge is 0.496 e. The zero-order valence-corrected chi connectivity index (χ0v) is 13.6. The van der Waals surface area contributed by atoms with Crippen LogP contribution in [0.5, 0.6) is 5.75 Å². The summed E-state index contributed by atoms with van der Waals surface area (Å²) in [6.07, 6.45) is 1.18. The van der Waals surface area contributed by atoms with Crippen molar-refractivity contribution in [1.29, 1.82) is 0 Å². The quantitative estimate of drug-likeness (QED) is 0.751. The third-order valence-electron chi connectivity index (χ3n) is 3.60. The predicted octanol–water partition coefficient (Wildman–Crippen LogP) is 3.15. The highest BCUT2D eigenvalue weighted by Crippen LogP contribution is 2.19. The van der Waals surface area contributed by atoms with Gasteiger partial charge in [-0.05, 0) is 32.0 Å². The highest BCUT2D eigenvalue weighted by molar-refractivity contribution is 5.33. The minimum Gasteiger partial charge on any atom is -0.496 e. The van der Waals surface area contributed by atoms with Crippen molar-refractivity contribution < 1.29 is 4.74 Å². The number of likely N-dealkylation sites (N-methyl/N-ethyl adjacent to an activating group) is 1. The molecule has 3 heteroatoms. The maximum Gasteiger partial charge on any atom is 0.123 e. The summed E-state index contributed by atoms with van der Waals surface area (Å²) in [6, 6.07) is 8.79. The summed E-state index contributed by atoms with van der Waals surface area (Å²) in [7, 11) is 3.91. The number of rotatable bonds is 9. The molecule has 0 bridgehead atoms. The van der Waals surface area contributed by atoms with Crippen molar-refractivity contribution in [2.75, 3.05) is 27.2 Å². The van der Waals surface area contributed by atoms with Crippen molar-refractivity contribution >= 4 is 0 Å². The molecule has 20 heavy (non-hydrogen) atoms. The van der Waals surface area contributed by atoms with Crippen molar-refractivity contribution in [3.8, 4) is 5.75 Å². The van der Waals surface area contributed by atoms with E-state index in [0.717, 1.165) is 25.4 Å². The van der Waals surface area contributed by atoms with Crippen LogP contribution in [0.25, 0.3) is 0 Å². The van der Waals surface area contributed by atoms with E-state index >= 15 is 0 Å². The Kier molecular flexibility index (Phi) is 7.63. The Morgan fingerprint density at radius 1 is 1.25 bits per heavy atom. The maximum atomic E-state index is 5.42. The van der Waals surface area contributed by atoms with Crippen molar-refractivity contribution in [3.63, 3.8) is 0 Å². The Morgan fingerprint density at radius 3 is 2.55 bits per heavy atom. The van der Waals surface area contributed by atoms with Gasteiger partial charge in [-0.15, -0.1) is 0 Å². The molecule has 1 aromatic rings. The molecule has 0 aliphatic heterocycles. The van der Waals surface area contributed by atoms with Crippen LogP contribution in [-0.2, 0) is 6.54 Å². The van der Waals surface area contributed by atoms with Gasteiger partial charge in [-0.2, -0.15) is 0 Å². The fraction of sp³-hybridized carbons (Fsp3) is 0.647. The molecule has 1 unspecified atom stereocenters. The molecule has 1 N–H and O–H groups in total. The number of hydrogen-bond donors (Lipinski definition) is 1. The van der Waals surface area contributed by atoms with Gasteiger partial charge in [-0.25, -0.2) is 0 Å². The summed E-state index contributed by atoms with van der Waals surface area (Å²) in [4.78, 5) is 2.37. The molecule has 114 valence electrons.